The number of hydrogen-bond acceptors (Lipinski definition) is 7. The molecule has 4 rings (SSSR count). The molecule has 0 bridgehead atoms. The van der Waals surface area contributed by atoms with E-state index in [1.54, 1.807) is 39.4 Å². The lowest BCUT2D eigenvalue weighted by Crippen LogP contribution is -2.30. The van der Waals surface area contributed by atoms with Crippen LogP contribution in [0.1, 0.15) is 11.1 Å². The van der Waals surface area contributed by atoms with Gasteiger partial charge in [-0.2, -0.15) is 0 Å². The van der Waals surface area contributed by atoms with Crippen LogP contribution in [0.2, 0.25) is 0 Å². The van der Waals surface area contributed by atoms with Crippen molar-refractivity contribution in [3.63, 3.8) is 0 Å². The summed E-state index contributed by atoms with van der Waals surface area (Å²) in [6.45, 7) is 0. The van der Waals surface area contributed by atoms with Crippen LogP contribution in [0.15, 0.2) is 77.4 Å². The summed E-state index contributed by atoms with van der Waals surface area (Å²) in [7, 11) is 6.47. The second kappa shape index (κ2) is 11.0. The Labute approximate surface area is 209 Å². The van der Waals surface area contributed by atoms with Crippen LogP contribution in [0.3, 0.4) is 0 Å². The van der Waals surface area contributed by atoms with E-state index in [0.717, 1.165) is 28.4 Å². The van der Waals surface area contributed by atoms with Crippen molar-refractivity contribution in [3.8, 4) is 23.0 Å². The van der Waals surface area contributed by atoms with Crippen molar-refractivity contribution in [1.29, 1.82) is 0 Å². The first-order chi connectivity index (χ1) is 17.1. The van der Waals surface area contributed by atoms with Crippen molar-refractivity contribution in [2.75, 3.05) is 33.3 Å². The highest BCUT2D eigenvalue weighted by molar-refractivity contribution is 8.13. The van der Waals surface area contributed by atoms with Gasteiger partial charge >= 0.3 is 0 Å². The van der Waals surface area contributed by atoms with Crippen molar-refractivity contribution < 1.29 is 23.7 Å². The van der Waals surface area contributed by atoms with E-state index in [-0.39, 0.29) is 5.91 Å². The van der Waals surface area contributed by atoms with Gasteiger partial charge in [0, 0.05) is 17.4 Å². The van der Waals surface area contributed by atoms with E-state index >= 15 is 0 Å². The molecule has 0 saturated carbocycles. The van der Waals surface area contributed by atoms with Crippen molar-refractivity contribution >= 4 is 34.6 Å². The van der Waals surface area contributed by atoms with E-state index in [0.29, 0.717) is 28.1 Å². The summed E-state index contributed by atoms with van der Waals surface area (Å²) < 4.78 is 21.5. The number of amidine groups is 1. The molecule has 35 heavy (non-hydrogen) atoms. The van der Waals surface area contributed by atoms with Gasteiger partial charge in [-0.05, 0) is 54.1 Å². The zero-order valence-corrected chi connectivity index (χ0v) is 20.8. The molecule has 1 aliphatic heterocycles. The third kappa shape index (κ3) is 5.44. The highest BCUT2D eigenvalue weighted by Gasteiger charge is 2.32. The van der Waals surface area contributed by atoms with Gasteiger partial charge in [-0.15, -0.1) is 0 Å². The molecule has 180 valence electrons. The van der Waals surface area contributed by atoms with Gasteiger partial charge < -0.3 is 18.9 Å². The number of ether oxygens (including phenoxy) is 4. The number of nitrogens with zero attached hydrogens (tertiary/aromatic N) is 2. The molecule has 0 spiro atoms. The van der Waals surface area contributed by atoms with Crippen LogP contribution in [0.25, 0.3) is 6.08 Å². The summed E-state index contributed by atoms with van der Waals surface area (Å²) in [4.78, 5) is 19.8. The Kier molecular flexibility index (Phi) is 7.62. The van der Waals surface area contributed by atoms with E-state index in [9.17, 15) is 4.79 Å². The van der Waals surface area contributed by atoms with Crippen molar-refractivity contribution in [2.45, 2.75) is 5.75 Å². The third-order valence-corrected chi connectivity index (χ3v) is 6.39. The summed E-state index contributed by atoms with van der Waals surface area (Å²) in [5.74, 6) is 3.19. The number of benzene rings is 3. The number of hydrogen-bond donors (Lipinski definition) is 0. The number of rotatable bonds is 8. The van der Waals surface area contributed by atoms with Gasteiger partial charge in [0.15, 0.2) is 5.17 Å². The first-order valence-corrected chi connectivity index (χ1v) is 11.8. The number of carbonyl (C=O) groups excluding carboxylic acids is 1. The zero-order chi connectivity index (χ0) is 24.8. The Morgan fingerprint density at radius 1 is 0.829 bits per heavy atom. The van der Waals surface area contributed by atoms with Crippen LogP contribution in [0.5, 0.6) is 23.0 Å². The molecule has 1 amide bonds. The van der Waals surface area contributed by atoms with E-state index in [1.165, 1.54) is 11.8 Å². The van der Waals surface area contributed by atoms with Gasteiger partial charge in [-0.1, -0.05) is 30.0 Å². The smallest absolute Gasteiger partial charge is 0.283 e. The fourth-order valence-corrected chi connectivity index (χ4v) is 4.56. The third-order valence-electron chi connectivity index (χ3n) is 5.40. The van der Waals surface area contributed by atoms with Crippen molar-refractivity contribution in [3.05, 3.63) is 83.6 Å². The maximum Gasteiger partial charge on any atom is 0.283 e. The molecule has 0 unspecified atom stereocenters. The lowest BCUT2D eigenvalue weighted by atomic mass is 10.2. The predicted molar refractivity (Wildman–Crippen MR) is 140 cm³/mol. The minimum atomic E-state index is -0.214. The fourth-order valence-electron chi connectivity index (χ4n) is 3.57. The number of aliphatic imine (C=N–C) groups is 1. The van der Waals surface area contributed by atoms with Gasteiger partial charge in [-0.25, -0.2) is 4.99 Å². The molecule has 0 radical (unpaired) electrons. The summed E-state index contributed by atoms with van der Waals surface area (Å²) in [5.41, 5.74) is 2.81. The minimum Gasteiger partial charge on any atom is -0.497 e. The zero-order valence-electron chi connectivity index (χ0n) is 20.0. The number of amides is 1. The topological polar surface area (TPSA) is 69.6 Å². The van der Waals surface area contributed by atoms with Crippen LogP contribution in [0, 0.1) is 0 Å². The first-order valence-electron chi connectivity index (χ1n) is 10.8. The molecule has 0 fully saturated rings. The Morgan fingerprint density at radius 3 is 2.20 bits per heavy atom. The van der Waals surface area contributed by atoms with Crippen molar-refractivity contribution in [1.82, 2.24) is 0 Å². The number of anilines is 1. The minimum absolute atomic E-state index is 0.214. The molecule has 1 heterocycles. The van der Waals surface area contributed by atoms with Crippen LogP contribution >= 0.6 is 11.8 Å². The molecule has 3 aromatic carbocycles. The molecular formula is C27H26N2O5S. The second-order valence-electron chi connectivity index (χ2n) is 7.51. The maximum absolute atomic E-state index is 13.5. The van der Waals surface area contributed by atoms with Gasteiger partial charge in [0.05, 0.1) is 34.1 Å². The largest absolute Gasteiger partial charge is 0.497 e. The lowest BCUT2D eigenvalue weighted by molar-refractivity contribution is -0.113. The lowest BCUT2D eigenvalue weighted by Gasteiger charge is -2.19. The predicted octanol–water partition coefficient (Wildman–Crippen LogP) is 5.40. The molecule has 8 heteroatoms. The quantitative estimate of drug-likeness (QED) is 0.394. The molecule has 0 aromatic heterocycles. The molecule has 3 aromatic rings. The molecule has 7 nitrogen and oxygen atoms in total. The summed E-state index contributed by atoms with van der Waals surface area (Å²) in [6.07, 6.45) is 1.77. The summed E-state index contributed by atoms with van der Waals surface area (Å²) in [6, 6.07) is 20.5. The van der Waals surface area contributed by atoms with Gasteiger partial charge in [0.1, 0.15) is 28.7 Å². The fraction of sp³-hybridized carbons (Fsp3) is 0.185. The van der Waals surface area contributed by atoms with Crippen LogP contribution in [0.4, 0.5) is 5.69 Å². The normalized spacial score (nSPS) is 14.2. The van der Waals surface area contributed by atoms with Gasteiger partial charge in [-0.3, -0.25) is 9.69 Å². The second-order valence-corrected chi connectivity index (χ2v) is 8.45. The summed E-state index contributed by atoms with van der Waals surface area (Å²) in [5, 5.41) is 0.563. The molecule has 0 N–H and O–H groups in total. The molecule has 0 aliphatic carbocycles. The Bertz CT molecular complexity index is 1270. The number of thioether (sulfide) groups is 1. The van der Waals surface area contributed by atoms with Gasteiger partial charge in [0.2, 0.25) is 0 Å². The highest BCUT2D eigenvalue weighted by atomic mass is 32.2. The Hall–Kier alpha value is -3.91. The molecule has 0 saturated heterocycles. The number of carbonyl (C=O) groups is 1. The van der Waals surface area contributed by atoms with Crippen LogP contribution < -0.4 is 23.8 Å². The SMILES string of the molecule is COc1ccc(/C=C2\N=C(SCc3cc(OC)ccc3OC)N(c3cccc(OC)c3)C2=O)cc1. The van der Waals surface area contributed by atoms with Gasteiger partial charge in [0.25, 0.3) is 5.91 Å². The van der Waals surface area contributed by atoms with Crippen molar-refractivity contribution in [2.24, 2.45) is 4.99 Å². The number of methoxy groups -OCH3 is 4. The average Bonchev–Trinajstić information content (AvgIpc) is 3.22. The molecule has 0 atom stereocenters. The van der Waals surface area contributed by atoms with E-state index < -0.39 is 0 Å². The molecular weight excluding hydrogens is 464 g/mol. The molecule has 1 aliphatic rings. The van der Waals surface area contributed by atoms with E-state index in [1.807, 2.05) is 66.7 Å². The summed E-state index contributed by atoms with van der Waals surface area (Å²) >= 11 is 1.44. The Morgan fingerprint density at radius 2 is 1.51 bits per heavy atom. The van der Waals surface area contributed by atoms with Crippen LogP contribution in [-0.2, 0) is 10.5 Å². The average molecular weight is 491 g/mol. The van der Waals surface area contributed by atoms with E-state index in [4.69, 9.17) is 23.9 Å². The van der Waals surface area contributed by atoms with Crippen LogP contribution in [-0.4, -0.2) is 39.5 Å². The standard InChI is InChI=1S/C27H26N2O5S/c1-31-21-10-8-18(9-11-21)14-24-26(30)29(20-6-5-7-22(16-20)32-2)27(28-24)35-17-19-15-23(33-3)12-13-25(19)34-4/h5-16H,17H2,1-4H3/b24-14-. The maximum atomic E-state index is 13.5. The first kappa shape index (κ1) is 24.2. The monoisotopic (exact) mass is 490 g/mol. The highest BCUT2D eigenvalue weighted by Crippen LogP contribution is 2.34. The van der Waals surface area contributed by atoms with E-state index in [2.05, 4.69) is 0 Å². The Balaban J connectivity index is 1.68.